The van der Waals surface area contributed by atoms with Crippen molar-refractivity contribution < 1.29 is 5.11 Å². The van der Waals surface area contributed by atoms with Gasteiger partial charge in [-0.3, -0.25) is 9.80 Å². The van der Waals surface area contributed by atoms with E-state index >= 15 is 0 Å². The van der Waals surface area contributed by atoms with Crippen molar-refractivity contribution in [1.29, 1.82) is 0 Å². The topological polar surface area (TPSA) is 26.7 Å². The third kappa shape index (κ3) is 3.89. The van der Waals surface area contributed by atoms with E-state index in [1.54, 1.807) is 0 Å². The second kappa shape index (κ2) is 7.58. The van der Waals surface area contributed by atoms with Gasteiger partial charge >= 0.3 is 0 Å². The molecule has 0 aromatic heterocycles. The number of aliphatic hydroxyl groups excluding tert-OH is 1. The maximum absolute atomic E-state index is 9.45. The van der Waals surface area contributed by atoms with Gasteiger partial charge in [0.15, 0.2) is 0 Å². The van der Waals surface area contributed by atoms with Crippen molar-refractivity contribution in [2.24, 2.45) is 0 Å². The van der Waals surface area contributed by atoms with Crippen LogP contribution in [0.25, 0.3) is 0 Å². The predicted octanol–water partition coefficient (Wildman–Crippen LogP) is 2.81. The van der Waals surface area contributed by atoms with Gasteiger partial charge in [0.1, 0.15) is 0 Å². The monoisotopic (exact) mass is 302 g/mol. The number of piperazine rings is 1. The maximum atomic E-state index is 9.45. The second-order valence-corrected chi connectivity index (χ2v) is 7.06. The zero-order valence-corrected chi connectivity index (χ0v) is 13.9. The standard InChI is InChI=1S/C19H30N2O/c1-16-6-8-17(9-7-16)14-20-11-12-21(15-19(20)10-13-22)18-4-2-3-5-18/h6-9,18-19,22H,2-5,10-15H2,1H3/t19-/m0/s1. The lowest BCUT2D eigenvalue weighted by atomic mass is 10.0. The van der Waals surface area contributed by atoms with E-state index in [4.69, 9.17) is 0 Å². The van der Waals surface area contributed by atoms with Gasteiger partial charge in [0.25, 0.3) is 0 Å². The fourth-order valence-corrected chi connectivity index (χ4v) is 4.08. The van der Waals surface area contributed by atoms with Gasteiger partial charge in [0, 0.05) is 44.9 Å². The molecule has 3 heteroatoms. The van der Waals surface area contributed by atoms with Crippen molar-refractivity contribution in [2.45, 2.75) is 57.7 Å². The molecule has 1 saturated heterocycles. The van der Waals surface area contributed by atoms with Gasteiger partial charge in [-0.25, -0.2) is 0 Å². The summed E-state index contributed by atoms with van der Waals surface area (Å²) in [6.07, 6.45) is 6.46. The molecule has 1 aliphatic heterocycles. The Labute approximate surface area is 134 Å². The van der Waals surface area contributed by atoms with E-state index in [0.717, 1.165) is 32.1 Å². The van der Waals surface area contributed by atoms with Crippen LogP contribution in [0.3, 0.4) is 0 Å². The third-order valence-electron chi connectivity index (χ3n) is 5.45. The Bertz CT molecular complexity index is 453. The first-order valence-corrected chi connectivity index (χ1v) is 8.91. The summed E-state index contributed by atoms with van der Waals surface area (Å²) in [5.41, 5.74) is 2.71. The van der Waals surface area contributed by atoms with Gasteiger partial charge in [-0.15, -0.1) is 0 Å². The molecule has 2 fully saturated rings. The highest BCUT2D eigenvalue weighted by Crippen LogP contribution is 2.27. The van der Waals surface area contributed by atoms with Gasteiger partial charge in [0.05, 0.1) is 0 Å². The first kappa shape index (κ1) is 16.0. The molecule has 1 N–H and O–H groups in total. The SMILES string of the molecule is Cc1ccc(CN2CCN(C3CCCC3)C[C@@H]2CCO)cc1. The molecule has 0 unspecified atom stereocenters. The maximum Gasteiger partial charge on any atom is 0.0446 e. The van der Waals surface area contributed by atoms with E-state index in [0.29, 0.717) is 12.6 Å². The lowest BCUT2D eigenvalue weighted by Crippen LogP contribution is -2.55. The molecule has 0 bridgehead atoms. The fraction of sp³-hybridized carbons (Fsp3) is 0.684. The van der Waals surface area contributed by atoms with E-state index < -0.39 is 0 Å². The lowest BCUT2D eigenvalue weighted by Gasteiger charge is -2.44. The molecule has 1 heterocycles. The van der Waals surface area contributed by atoms with Gasteiger partial charge in [-0.2, -0.15) is 0 Å². The van der Waals surface area contributed by atoms with Crippen LogP contribution in [0.15, 0.2) is 24.3 Å². The molecule has 3 rings (SSSR count). The van der Waals surface area contributed by atoms with Gasteiger partial charge < -0.3 is 5.11 Å². The molecule has 3 nitrogen and oxygen atoms in total. The quantitative estimate of drug-likeness (QED) is 0.906. The van der Waals surface area contributed by atoms with Gasteiger partial charge in [0.2, 0.25) is 0 Å². The van der Waals surface area contributed by atoms with E-state index in [1.807, 2.05) is 0 Å². The Hall–Kier alpha value is -0.900. The van der Waals surface area contributed by atoms with Crippen LogP contribution in [0.1, 0.15) is 43.2 Å². The van der Waals surface area contributed by atoms with E-state index in [-0.39, 0.29) is 0 Å². The number of aryl methyl sites for hydroxylation is 1. The van der Waals surface area contributed by atoms with Crippen molar-refractivity contribution in [3.05, 3.63) is 35.4 Å². The Balaban J connectivity index is 1.62. The molecule has 1 aliphatic carbocycles. The fourth-order valence-electron chi connectivity index (χ4n) is 4.08. The summed E-state index contributed by atoms with van der Waals surface area (Å²) in [4.78, 5) is 5.27. The molecule has 0 radical (unpaired) electrons. The molecule has 0 spiro atoms. The summed E-state index contributed by atoms with van der Waals surface area (Å²) in [5.74, 6) is 0. The van der Waals surface area contributed by atoms with Crippen molar-refractivity contribution in [1.82, 2.24) is 9.80 Å². The molecule has 1 atom stereocenters. The van der Waals surface area contributed by atoms with Crippen LogP contribution in [0.4, 0.5) is 0 Å². The minimum Gasteiger partial charge on any atom is -0.396 e. The van der Waals surface area contributed by atoms with E-state index in [2.05, 4.69) is 41.0 Å². The number of nitrogens with zero attached hydrogens (tertiary/aromatic N) is 2. The average Bonchev–Trinajstić information content (AvgIpc) is 3.06. The zero-order valence-electron chi connectivity index (χ0n) is 13.9. The first-order chi connectivity index (χ1) is 10.8. The minimum atomic E-state index is 0.299. The molecule has 122 valence electrons. The number of benzene rings is 1. The predicted molar refractivity (Wildman–Crippen MR) is 90.9 cm³/mol. The molecule has 0 amide bonds. The van der Waals surface area contributed by atoms with Crippen LogP contribution in [0, 0.1) is 6.92 Å². The van der Waals surface area contributed by atoms with Crippen LogP contribution in [-0.2, 0) is 6.54 Å². The van der Waals surface area contributed by atoms with Crippen LogP contribution < -0.4 is 0 Å². The van der Waals surface area contributed by atoms with E-state index in [1.165, 1.54) is 43.4 Å². The van der Waals surface area contributed by atoms with Crippen LogP contribution in [-0.4, -0.2) is 53.2 Å². The Morgan fingerprint density at radius 3 is 2.50 bits per heavy atom. The summed E-state index contributed by atoms with van der Waals surface area (Å²) in [6.45, 7) is 6.92. The van der Waals surface area contributed by atoms with Gasteiger partial charge in [-0.05, 0) is 31.7 Å². The molecular formula is C19H30N2O. The summed E-state index contributed by atoms with van der Waals surface area (Å²) < 4.78 is 0. The molecule has 1 aromatic carbocycles. The highest BCUT2D eigenvalue weighted by atomic mass is 16.3. The Morgan fingerprint density at radius 1 is 1.09 bits per heavy atom. The molecule has 2 aliphatic rings. The normalized spacial score (nSPS) is 24.9. The van der Waals surface area contributed by atoms with Crippen LogP contribution in [0.5, 0.6) is 0 Å². The summed E-state index contributed by atoms with van der Waals surface area (Å²) >= 11 is 0. The highest BCUT2D eigenvalue weighted by Gasteiger charge is 2.31. The lowest BCUT2D eigenvalue weighted by molar-refractivity contribution is 0.0327. The molecule has 1 aromatic rings. The minimum absolute atomic E-state index is 0.299. The van der Waals surface area contributed by atoms with Crippen molar-refractivity contribution in [3.63, 3.8) is 0 Å². The van der Waals surface area contributed by atoms with E-state index in [9.17, 15) is 5.11 Å². The molecule has 1 saturated carbocycles. The molecular weight excluding hydrogens is 272 g/mol. The Morgan fingerprint density at radius 2 is 1.82 bits per heavy atom. The smallest absolute Gasteiger partial charge is 0.0446 e. The summed E-state index contributed by atoms with van der Waals surface area (Å²) in [7, 11) is 0. The average molecular weight is 302 g/mol. The van der Waals surface area contributed by atoms with Crippen molar-refractivity contribution in [2.75, 3.05) is 26.2 Å². The van der Waals surface area contributed by atoms with Crippen LogP contribution >= 0.6 is 0 Å². The number of rotatable bonds is 5. The second-order valence-electron chi connectivity index (χ2n) is 7.06. The number of aliphatic hydroxyl groups is 1. The largest absolute Gasteiger partial charge is 0.396 e. The van der Waals surface area contributed by atoms with Gasteiger partial charge in [-0.1, -0.05) is 42.7 Å². The number of hydrogen-bond donors (Lipinski definition) is 1. The summed E-state index contributed by atoms with van der Waals surface area (Å²) in [5, 5.41) is 9.45. The molecule has 22 heavy (non-hydrogen) atoms. The van der Waals surface area contributed by atoms with Crippen molar-refractivity contribution >= 4 is 0 Å². The van der Waals surface area contributed by atoms with Crippen molar-refractivity contribution in [3.8, 4) is 0 Å². The first-order valence-electron chi connectivity index (χ1n) is 8.91. The zero-order chi connectivity index (χ0) is 15.4. The van der Waals surface area contributed by atoms with Crippen LogP contribution in [0.2, 0.25) is 0 Å². The number of hydrogen-bond acceptors (Lipinski definition) is 3. The Kier molecular flexibility index (Phi) is 5.51. The third-order valence-corrected chi connectivity index (χ3v) is 5.45. The summed E-state index contributed by atoms with van der Waals surface area (Å²) in [6, 6.07) is 10.2. The highest BCUT2D eigenvalue weighted by molar-refractivity contribution is 5.21.